The molecule has 0 fully saturated rings. The summed E-state index contributed by atoms with van der Waals surface area (Å²) in [5.74, 6) is 0.987. The molecule has 1 heteroatoms. The minimum atomic E-state index is 0.987. The van der Waals surface area contributed by atoms with E-state index in [-0.39, 0.29) is 0 Å². The van der Waals surface area contributed by atoms with Crippen molar-refractivity contribution in [3.8, 4) is 0 Å². The molecule has 0 radical (unpaired) electrons. The zero-order chi connectivity index (χ0) is 6.41. The summed E-state index contributed by atoms with van der Waals surface area (Å²) in [6.07, 6.45) is 4.12. The van der Waals surface area contributed by atoms with Crippen LogP contribution in [0.2, 0.25) is 0 Å². The Morgan fingerprint density at radius 3 is 2.12 bits per heavy atom. The Balaban J connectivity index is 3.07. The summed E-state index contributed by atoms with van der Waals surface area (Å²) in [6, 6.07) is 0. The molecule has 0 saturated carbocycles. The van der Waals surface area contributed by atoms with Crippen LogP contribution in [0.25, 0.3) is 0 Å². The van der Waals surface area contributed by atoms with E-state index >= 15 is 0 Å². The average Bonchev–Trinajstić information content (AvgIpc) is 1.83. The summed E-state index contributed by atoms with van der Waals surface area (Å²) in [6.45, 7) is 4.54. The third-order valence-corrected chi connectivity index (χ3v) is 2.74. The van der Waals surface area contributed by atoms with Crippen LogP contribution in [0.5, 0.6) is 0 Å². The largest absolute Gasteiger partial charge is 0.0861 e. The summed E-state index contributed by atoms with van der Waals surface area (Å²) in [5.41, 5.74) is 0. The molecule has 0 aliphatic heterocycles. The molecule has 0 aromatic rings. The normalized spacial score (nSPS) is 13.9. The molecule has 0 N–H and O–H groups in total. The third-order valence-electron chi connectivity index (χ3n) is 1.49. The zero-order valence-electron chi connectivity index (χ0n) is 5.78. The predicted molar refractivity (Wildman–Crippen MR) is 47.6 cm³/mol. The van der Waals surface area contributed by atoms with Gasteiger partial charge >= 0.3 is 0 Å². The van der Waals surface area contributed by atoms with Gasteiger partial charge in [0.2, 0.25) is 0 Å². The van der Waals surface area contributed by atoms with E-state index in [1.165, 1.54) is 23.7 Å². The molecule has 0 aliphatic rings. The Labute approximate surface area is 66.2 Å². The molecule has 0 unspecified atom stereocenters. The number of alkyl halides is 1. The topological polar surface area (TPSA) is 0 Å². The molecule has 0 saturated heterocycles. The van der Waals surface area contributed by atoms with Gasteiger partial charge in [0, 0.05) is 4.43 Å². The second-order valence-electron chi connectivity index (χ2n) is 2.22. The van der Waals surface area contributed by atoms with Gasteiger partial charge in [-0.2, -0.15) is 0 Å². The van der Waals surface area contributed by atoms with Crippen molar-refractivity contribution in [2.24, 2.45) is 5.92 Å². The van der Waals surface area contributed by atoms with Gasteiger partial charge in [-0.05, 0) is 12.3 Å². The maximum absolute atomic E-state index is 2.47. The first kappa shape index (κ1) is 8.73. The standard InChI is InChI=1S/C7H15I/c1-3-5-7(4-2)6-8/h7H,3-6H2,1-2H3/t7-/m0/s1. The molecule has 1 atom stereocenters. The average molecular weight is 226 g/mol. The van der Waals surface area contributed by atoms with Crippen molar-refractivity contribution in [3.63, 3.8) is 0 Å². The molecular weight excluding hydrogens is 211 g/mol. The van der Waals surface area contributed by atoms with Crippen LogP contribution in [-0.4, -0.2) is 4.43 Å². The van der Waals surface area contributed by atoms with Gasteiger partial charge in [-0.1, -0.05) is 49.3 Å². The lowest BCUT2D eigenvalue weighted by Crippen LogP contribution is -1.97. The lowest BCUT2D eigenvalue weighted by Gasteiger charge is -2.07. The highest BCUT2D eigenvalue weighted by molar-refractivity contribution is 14.1. The fourth-order valence-electron chi connectivity index (χ4n) is 0.799. The minimum Gasteiger partial charge on any atom is -0.0861 e. The Hall–Kier alpha value is 0.730. The van der Waals surface area contributed by atoms with Crippen LogP contribution < -0.4 is 0 Å². The van der Waals surface area contributed by atoms with Gasteiger partial charge in [0.1, 0.15) is 0 Å². The van der Waals surface area contributed by atoms with Crippen molar-refractivity contribution in [2.75, 3.05) is 4.43 Å². The van der Waals surface area contributed by atoms with Crippen LogP contribution in [0.1, 0.15) is 33.1 Å². The van der Waals surface area contributed by atoms with Crippen LogP contribution in [-0.2, 0) is 0 Å². The highest BCUT2D eigenvalue weighted by Gasteiger charge is 1.99. The van der Waals surface area contributed by atoms with Crippen LogP contribution >= 0.6 is 22.6 Å². The maximum Gasteiger partial charge on any atom is 0.00235 e. The molecule has 50 valence electrons. The van der Waals surface area contributed by atoms with E-state index in [4.69, 9.17) is 0 Å². The number of hydrogen-bond donors (Lipinski definition) is 0. The first-order valence-corrected chi connectivity index (χ1v) is 4.93. The van der Waals surface area contributed by atoms with Gasteiger partial charge in [0.15, 0.2) is 0 Å². The molecule has 0 amide bonds. The van der Waals surface area contributed by atoms with Crippen molar-refractivity contribution >= 4 is 22.6 Å². The first-order valence-electron chi connectivity index (χ1n) is 3.41. The Bertz CT molecular complexity index is 39.7. The highest BCUT2D eigenvalue weighted by atomic mass is 127. The Morgan fingerprint density at radius 1 is 1.38 bits per heavy atom. The Morgan fingerprint density at radius 2 is 2.00 bits per heavy atom. The van der Waals surface area contributed by atoms with Gasteiger partial charge in [-0.3, -0.25) is 0 Å². The molecule has 0 aromatic carbocycles. The SMILES string of the molecule is CCC[C@H](CC)CI. The summed E-state index contributed by atoms with van der Waals surface area (Å²) in [4.78, 5) is 0. The fourth-order valence-corrected chi connectivity index (χ4v) is 1.86. The van der Waals surface area contributed by atoms with E-state index in [1.807, 2.05) is 0 Å². The van der Waals surface area contributed by atoms with Crippen LogP contribution in [0.4, 0.5) is 0 Å². The van der Waals surface area contributed by atoms with Crippen molar-refractivity contribution in [3.05, 3.63) is 0 Å². The minimum absolute atomic E-state index is 0.987. The van der Waals surface area contributed by atoms with E-state index in [2.05, 4.69) is 36.4 Å². The van der Waals surface area contributed by atoms with Crippen molar-refractivity contribution in [2.45, 2.75) is 33.1 Å². The van der Waals surface area contributed by atoms with Gasteiger partial charge in [-0.25, -0.2) is 0 Å². The van der Waals surface area contributed by atoms with Crippen LogP contribution in [0.15, 0.2) is 0 Å². The second kappa shape index (κ2) is 5.86. The summed E-state index contributed by atoms with van der Waals surface area (Å²) >= 11 is 2.47. The van der Waals surface area contributed by atoms with Gasteiger partial charge in [0.25, 0.3) is 0 Å². The van der Waals surface area contributed by atoms with E-state index in [9.17, 15) is 0 Å². The van der Waals surface area contributed by atoms with Gasteiger partial charge in [0.05, 0.1) is 0 Å². The molecule has 0 spiro atoms. The predicted octanol–water partition coefficient (Wildman–Crippen LogP) is 3.25. The highest BCUT2D eigenvalue weighted by Crippen LogP contribution is 2.12. The lowest BCUT2D eigenvalue weighted by atomic mass is 10.0. The van der Waals surface area contributed by atoms with Crippen molar-refractivity contribution in [1.82, 2.24) is 0 Å². The van der Waals surface area contributed by atoms with E-state index in [0.29, 0.717) is 0 Å². The van der Waals surface area contributed by atoms with Crippen LogP contribution in [0, 0.1) is 5.92 Å². The molecule has 0 aliphatic carbocycles. The fraction of sp³-hybridized carbons (Fsp3) is 1.00. The molecule has 8 heavy (non-hydrogen) atoms. The second-order valence-corrected chi connectivity index (χ2v) is 3.10. The van der Waals surface area contributed by atoms with Gasteiger partial charge in [-0.15, -0.1) is 0 Å². The monoisotopic (exact) mass is 226 g/mol. The number of hydrogen-bond acceptors (Lipinski definition) is 0. The maximum atomic E-state index is 2.47. The molecule has 0 nitrogen and oxygen atoms in total. The van der Waals surface area contributed by atoms with Crippen molar-refractivity contribution in [1.29, 1.82) is 0 Å². The molecular formula is C7H15I. The Kier molecular flexibility index (Phi) is 6.39. The number of halogens is 1. The molecule has 0 aromatic heterocycles. The quantitative estimate of drug-likeness (QED) is 0.509. The molecule has 0 bridgehead atoms. The lowest BCUT2D eigenvalue weighted by molar-refractivity contribution is 0.524. The first-order chi connectivity index (χ1) is 3.85. The summed E-state index contributed by atoms with van der Waals surface area (Å²) in [7, 11) is 0. The van der Waals surface area contributed by atoms with E-state index in [0.717, 1.165) is 5.92 Å². The summed E-state index contributed by atoms with van der Waals surface area (Å²) in [5, 5.41) is 0. The molecule has 0 rings (SSSR count). The summed E-state index contributed by atoms with van der Waals surface area (Å²) < 4.78 is 1.34. The van der Waals surface area contributed by atoms with E-state index < -0.39 is 0 Å². The van der Waals surface area contributed by atoms with Crippen LogP contribution in [0.3, 0.4) is 0 Å². The van der Waals surface area contributed by atoms with E-state index in [1.54, 1.807) is 0 Å². The van der Waals surface area contributed by atoms with Crippen molar-refractivity contribution < 1.29 is 0 Å². The number of rotatable bonds is 4. The smallest absolute Gasteiger partial charge is 0.00235 e. The third kappa shape index (κ3) is 3.70. The molecule has 0 heterocycles. The van der Waals surface area contributed by atoms with Gasteiger partial charge < -0.3 is 0 Å². The zero-order valence-corrected chi connectivity index (χ0v) is 7.94.